The number of rotatable bonds is 5. The number of nitrogens with one attached hydrogen (secondary N) is 1. The van der Waals surface area contributed by atoms with E-state index in [0.29, 0.717) is 0 Å². The average molecular weight is 364 g/mol. The van der Waals surface area contributed by atoms with Gasteiger partial charge in [0.1, 0.15) is 29.0 Å². The third-order valence-electron chi connectivity index (χ3n) is 3.15. The minimum Gasteiger partial charge on any atom is -0.507 e. The second-order valence-electron chi connectivity index (χ2n) is 4.74. The smallest absolute Gasteiger partial charge is 0.244 e. The first kappa shape index (κ1) is 16.5. The lowest BCUT2D eigenvalue weighted by molar-refractivity contribution is 0.103. The molecule has 0 aliphatic rings. The van der Waals surface area contributed by atoms with Gasteiger partial charge in [-0.05, 0) is 29.5 Å². The molecule has 0 amide bonds. The van der Waals surface area contributed by atoms with Crippen molar-refractivity contribution in [3.63, 3.8) is 0 Å². The summed E-state index contributed by atoms with van der Waals surface area (Å²) in [6.45, 7) is 0. The zero-order valence-corrected chi connectivity index (χ0v) is 13.1. The number of hydrogen-bond donors (Lipinski definition) is 2. The van der Waals surface area contributed by atoms with Gasteiger partial charge in [-0.25, -0.2) is 12.8 Å². The normalized spacial score (nSPS) is 12.3. The van der Waals surface area contributed by atoms with Gasteiger partial charge in [-0.15, -0.1) is 10.2 Å². The lowest BCUT2D eigenvalue weighted by atomic mass is 10.2. The first-order valence-electron chi connectivity index (χ1n) is 6.65. The molecular weight excluding hydrogens is 355 g/mol. The first-order chi connectivity index (χ1) is 11.9. The molecule has 2 heterocycles. The Morgan fingerprint density at radius 3 is 2.60 bits per heavy atom. The van der Waals surface area contributed by atoms with Crippen LogP contribution in [0.3, 0.4) is 0 Å². The highest BCUT2D eigenvalue weighted by Crippen LogP contribution is 2.29. The summed E-state index contributed by atoms with van der Waals surface area (Å²) < 4.78 is 43.0. The van der Waals surface area contributed by atoms with E-state index in [1.54, 1.807) is 0 Å². The summed E-state index contributed by atoms with van der Waals surface area (Å²) in [5.41, 5.74) is -0.235. The van der Waals surface area contributed by atoms with E-state index >= 15 is 0 Å². The standard InChI is InChI=1S/C14H9FN4O5S/c15-8-1-3-9(4-2-8)25(22,23)13-7-24-6-10(13)11(20)5-12(21)14-16-18-19-17-14/h1-7,20H,(H,16,17,18,19). The maximum absolute atomic E-state index is 13.0. The van der Waals surface area contributed by atoms with Crippen molar-refractivity contribution in [1.82, 2.24) is 20.6 Å². The van der Waals surface area contributed by atoms with Crippen LogP contribution < -0.4 is 0 Å². The van der Waals surface area contributed by atoms with E-state index in [1.165, 1.54) is 0 Å². The van der Waals surface area contributed by atoms with Crippen LogP contribution in [0, 0.1) is 5.82 Å². The molecule has 25 heavy (non-hydrogen) atoms. The Bertz CT molecular complexity index is 1040. The summed E-state index contributed by atoms with van der Waals surface area (Å²) in [5, 5.41) is 22.3. The Morgan fingerprint density at radius 2 is 1.96 bits per heavy atom. The van der Waals surface area contributed by atoms with Crippen LogP contribution >= 0.6 is 0 Å². The van der Waals surface area contributed by atoms with Crippen LogP contribution in [0.2, 0.25) is 0 Å². The van der Waals surface area contributed by atoms with Crippen LogP contribution in [0.25, 0.3) is 5.76 Å². The number of allylic oxidation sites excluding steroid dienone is 1. The predicted octanol–water partition coefficient (Wildman–Crippen LogP) is 1.55. The molecule has 0 atom stereocenters. The highest BCUT2D eigenvalue weighted by Gasteiger charge is 2.26. The summed E-state index contributed by atoms with van der Waals surface area (Å²) in [6.07, 6.45) is 2.60. The molecule has 0 saturated heterocycles. The van der Waals surface area contributed by atoms with E-state index in [4.69, 9.17) is 4.42 Å². The minimum absolute atomic E-state index is 0.200. The predicted molar refractivity (Wildman–Crippen MR) is 79.7 cm³/mol. The molecule has 2 N–H and O–H groups in total. The van der Waals surface area contributed by atoms with Crippen molar-refractivity contribution < 1.29 is 27.1 Å². The van der Waals surface area contributed by atoms with E-state index in [0.717, 1.165) is 42.9 Å². The number of nitrogens with zero attached hydrogens (tertiary/aromatic N) is 3. The number of aromatic amines is 1. The number of aliphatic hydroxyl groups is 1. The van der Waals surface area contributed by atoms with Crippen molar-refractivity contribution in [2.45, 2.75) is 9.79 Å². The number of hydrogen-bond acceptors (Lipinski definition) is 8. The Balaban J connectivity index is 2.00. The van der Waals surface area contributed by atoms with Crippen LogP contribution in [0.5, 0.6) is 0 Å². The topological polar surface area (TPSA) is 139 Å². The second kappa shape index (κ2) is 6.28. The van der Waals surface area contributed by atoms with Crippen molar-refractivity contribution in [1.29, 1.82) is 0 Å². The van der Waals surface area contributed by atoms with E-state index in [2.05, 4.69) is 20.6 Å². The molecule has 0 bridgehead atoms. The fourth-order valence-corrected chi connectivity index (χ4v) is 3.33. The molecule has 3 rings (SSSR count). The van der Waals surface area contributed by atoms with Crippen LogP contribution in [0.1, 0.15) is 16.2 Å². The summed E-state index contributed by atoms with van der Waals surface area (Å²) in [4.78, 5) is 11.3. The molecule has 0 aliphatic carbocycles. The number of halogens is 1. The summed E-state index contributed by atoms with van der Waals surface area (Å²) in [6, 6.07) is 4.13. The van der Waals surface area contributed by atoms with Crippen molar-refractivity contribution in [3.8, 4) is 0 Å². The maximum atomic E-state index is 13.0. The fraction of sp³-hybridized carbons (Fsp3) is 0. The van der Waals surface area contributed by atoms with Gasteiger partial charge in [0.05, 0.1) is 10.5 Å². The Labute approximate surface area is 139 Å². The van der Waals surface area contributed by atoms with E-state index in [-0.39, 0.29) is 21.2 Å². The zero-order chi connectivity index (χ0) is 18.0. The van der Waals surface area contributed by atoms with Crippen molar-refractivity contribution in [3.05, 3.63) is 60.1 Å². The van der Waals surface area contributed by atoms with Crippen molar-refractivity contribution >= 4 is 21.4 Å². The number of ketones is 1. The van der Waals surface area contributed by atoms with Crippen molar-refractivity contribution in [2.75, 3.05) is 0 Å². The second-order valence-corrected chi connectivity index (χ2v) is 6.65. The molecule has 0 unspecified atom stereocenters. The molecule has 0 radical (unpaired) electrons. The quantitative estimate of drug-likeness (QED) is 0.301. The lowest BCUT2D eigenvalue weighted by Gasteiger charge is -2.04. The lowest BCUT2D eigenvalue weighted by Crippen LogP contribution is -2.05. The Kier molecular flexibility index (Phi) is 4.15. The molecule has 0 spiro atoms. The summed E-state index contributed by atoms with van der Waals surface area (Å²) >= 11 is 0. The number of aromatic nitrogens is 4. The van der Waals surface area contributed by atoms with E-state index < -0.39 is 27.2 Å². The summed E-state index contributed by atoms with van der Waals surface area (Å²) in [7, 11) is -4.10. The van der Waals surface area contributed by atoms with Crippen LogP contribution in [-0.2, 0) is 9.84 Å². The monoisotopic (exact) mass is 364 g/mol. The van der Waals surface area contributed by atoms with Gasteiger partial charge in [-0.1, -0.05) is 0 Å². The SMILES string of the molecule is O=C(C=C(O)c1cocc1S(=O)(=O)c1ccc(F)cc1)c1nn[nH]n1. The van der Waals surface area contributed by atoms with Crippen LogP contribution in [0.4, 0.5) is 4.39 Å². The van der Waals surface area contributed by atoms with E-state index in [9.17, 15) is 22.7 Å². The van der Waals surface area contributed by atoms with Crippen molar-refractivity contribution in [2.24, 2.45) is 0 Å². The number of aliphatic hydroxyl groups excluding tert-OH is 1. The average Bonchev–Trinajstić information content (AvgIpc) is 3.27. The number of benzene rings is 1. The molecular formula is C14H9FN4O5S. The van der Waals surface area contributed by atoms with Crippen LogP contribution in [0.15, 0.2) is 57.1 Å². The Hall–Kier alpha value is -3.34. The molecule has 3 aromatic rings. The number of carbonyl (C=O) groups is 1. The molecule has 9 nitrogen and oxygen atoms in total. The zero-order valence-electron chi connectivity index (χ0n) is 12.2. The molecule has 0 saturated carbocycles. The number of H-pyrrole nitrogens is 1. The summed E-state index contributed by atoms with van der Waals surface area (Å²) in [5.74, 6) is -2.36. The molecule has 128 valence electrons. The first-order valence-corrected chi connectivity index (χ1v) is 8.13. The van der Waals surface area contributed by atoms with Gasteiger partial charge in [0.15, 0.2) is 0 Å². The molecule has 1 aromatic carbocycles. The molecule has 2 aromatic heterocycles. The van der Waals surface area contributed by atoms with Gasteiger partial charge >= 0.3 is 0 Å². The van der Waals surface area contributed by atoms with Gasteiger partial charge in [-0.2, -0.15) is 5.21 Å². The number of furan rings is 1. The fourth-order valence-electron chi connectivity index (χ4n) is 1.95. The van der Waals surface area contributed by atoms with Gasteiger partial charge in [-0.3, -0.25) is 4.79 Å². The molecule has 11 heteroatoms. The third-order valence-corrected chi connectivity index (χ3v) is 4.94. The van der Waals surface area contributed by atoms with Crippen LogP contribution in [-0.4, -0.2) is 39.9 Å². The largest absolute Gasteiger partial charge is 0.507 e. The van der Waals surface area contributed by atoms with Gasteiger partial charge in [0.25, 0.3) is 0 Å². The van der Waals surface area contributed by atoms with E-state index in [1.807, 2.05) is 0 Å². The number of tetrazole rings is 1. The highest BCUT2D eigenvalue weighted by atomic mass is 32.2. The number of carbonyl (C=O) groups excluding carboxylic acids is 1. The maximum Gasteiger partial charge on any atom is 0.244 e. The van der Waals surface area contributed by atoms with Gasteiger partial charge in [0.2, 0.25) is 21.4 Å². The third kappa shape index (κ3) is 3.17. The highest BCUT2D eigenvalue weighted by molar-refractivity contribution is 7.91. The molecule has 0 aliphatic heterocycles. The van der Waals surface area contributed by atoms with Gasteiger partial charge < -0.3 is 9.52 Å². The minimum atomic E-state index is -4.10. The Morgan fingerprint density at radius 1 is 1.24 bits per heavy atom. The molecule has 0 fully saturated rings. The van der Waals surface area contributed by atoms with Gasteiger partial charge in [0, 0.05) is 6.08 Å². The number of sulfone groups is 1.